The van der Waals surface area contributed by atoms with Crippen LogP contribution >= 0.6 is 0 Å². The third-order valence-corrected chi connectivity index (χ3v) is 3.92. The van der Waals surface area contributed by atoms with Crippen LogP contribution in [0.4, 0.5) is 11.4 Å². The van der Waals surface area contributed by atoms with Gasteiger partial charge in [-0.2, -0.15) is 0 Å². The van der Waals surface area contributed by atoms with Crippen molar-refractivity contribution >= 4 is 23.2 Å². The Morgan fingerprint density at radius 2 is 1.86 bits per heavy atom. The van der Waals surface area contributed by atoms with Crippen molar-refractivity contribution in [2.24, 2.45) is 11.7 Å². The van der Waals surface area contributed by atoms with Crippen LogP contribution in [-0.2, 0) is 4.79 Å². The predicted octanol–water partition coefficient (Wildman–Crippen LogP) is 0.672. The van der Waals surface area contributed by atoms with Gasteiger partial charge in [-0.3, -0.25) is 9.59 Å². The molecule has 0 unspecified atom stereocenters. The van der Waals surface area contributed by atoms with Crippen LogP contribution in [0.25, 0.3) is 0 Å². The van der Waals surface area contributed by atoms with Crippen molar-refractivity contribution in [3.8, 4) is 0 Å². The number of hydrogen-bond donors (Lipinski definition) is 2. The molecule has 1 fully saturated rings. The summed E-state index contributed by atoms with van der Waals surface area (Å²) in [6.45, 7) is 1.44. The summed E-state index contributed by atoms with van der Waals surface area (Å²) in [5, 5.41) is 0. The molecule has 4 N–H and O–H groups in total. The Kier molecular flexibility index (Phi) is 4.35. The number of benzene rings is 1. The van der Waals surface area contributed by atoms with E-state index in [1.807, 2.05) is 6.07 Å². The molecule has 114 valence electrons. The third-order valence-electron chi connectivity index (χ3n) is 3.92. The van der Waals surface area contributed by atoms with Crippen LogP contribution in [0.1, 0.15) is 23.2 Å². The van der Waals surface area contributed by atoms with Gasteiger partial charge in [-0.15, -0.1) is 0 Å². The number of carbonyl (C=O) groups excluding carboxylic acids is 2. The molecule has 1 saturated heterocycles. The van der Waals surface area contributed by atoms with Gasteiger partial charge >= 0.3 is 0 Å². The molecule has 0 radical (unpaired) electrons. The van der Waals surface area contributed by atoms with Gasteiger partial charge in [-0.1, -0.05) is 0 Å². The second-order valence-corrected chi connectivity index (χ2v) is 5.64. The van der Waals surface area contributed by atoms with E-state index in [1.165, 1.54) is 4.90 Å². The lowest BCUT2D eigenvalue weighted by Crippen LogP contribution is -2.39. The maximum absolute atomic E-state index is 12.0. The molecule has 21 heavy (non-hydrogen) atoms. The number of primary amides is 1. The first-order valence-corrected chi connectivity index (χ1v) is 7.05. The van der Waals surface area contributed by atoms with E-state index in [0.29, 0.717) is 11.3 Å². The fourth-order valence-corrected chi connectivity index (χ4v) is 2.61. The van der Waals surface area contributed by atoms with Gasteiger partial charge in [0.1, 0.15) is 0 Å². The molecule has 6 heteroatoms. The van der Waals surface area contributed by atoms with Gasteiger partial charge in [-0.05, 0) is 31.0 Å². The van der Waals surface area contributed by atoms with Crippen molar-refractivity contribution in [2.45, 2.75) is 12.8 Å². The third kappa shape index (κ3) is 3.26. The van der Waals surface area contributed by atoms with Gasteiger partial charge in [0.05, 0.1) is 11.4 Å². The number of carbonyl (C=O) groups is 2. The van der Waals surface area contributed by atoms with Crippen LogP contribution in [0.15, 0.2) is 18.2 Å². The molecule has 0 saturated carbocycles. The summed E-state index contributed by atoms with van der Waals surface area (Å²) in [5.74, 6) is -0.350. The number of nitrogen functional groups attached to an aromatic ring is 1. The number of amides is 2. The Morgan fingerprint density at radius 1 is 1.24 bits per heavy atom. The van der Waals surface area contributed by atoms with E-state index in [1.54, 1.807) is 26.2 Å². The lowest BCUT2D eigenvalue weighted by molar-refractivity contribution is -0.122. The summed E-state index contributed by atoms with van der Waals surface area (Å²) in [5.41, 5.74) is 13.5. The molecule has 6 nitrogen and oxygen atoms in total. The van der Waals surface area contributed by atoms with E-state index in [9.17, 15) is 9.59 Å². The van der Waals surface area contributed by atoms with E-state index in [4.69, 9.17) is 11.5 Å². The molecular formula is C15H22N4O2. The lowest BCUT2D eigenvalue weighted by atomic mass is 9.95. The van der Waals surface area contributed by atoms with Gasteiger partial charge in [0.2, 0.25) is 5.91 Å². The molecule has 2 amide bonds. The highest BCUT2D eigenvalue weighted by atomic mass is 16.2. The summed E-state index contributed by atoms with van der Waals surface area (Å²) in [4.78, 5) is 26.9. The smallest absolute Gasteiger partial charge is 0.253 e. The number of nitrogens with zero attached hydrogens (tertiary/aromatic N) is 2. The molecule has 0 spiro atoms. The molecule has 0 atom stereocenters. The highest BCUT2D eigenvalue weighted by Gasteiger charge is 2.24. The zero-order chi connectivity index (χ0) is 15.6. The van der Waals surface area contributed by atoms with Gasteiger partial charge in [-0.25, -0.2) is 0 Å². The average molecular weight is 290 g/mol. The largest absolute Gasteiger partial charge is 0.397 e. The van der Waals surface area contributed by atoms with E-state index in [-0.39, 0.29) is 17.7 Å². The van der Waals surface area contributed by atoms with Crippen LogP contribution in [0.5, 0.6) is 0 Å². The SMILES string of the molecule is CN(C)C(=O)c1ccc(N)c(N2CCC(C(N)=O)CC2)c1. The quantitative estimate of drug-likeness (QED) is 0.800. The zero-order valence-corrected chi connectivity index (χ0v) is 12.5. The van der Waals surface area contributed by atoms with E-state index < -0.39 is 0 Å². The van der Waals surface area contributed by atoms with Crippen LogP contribution in [-0.4, -0.2) is 43.9 Å². The Bertz CT molecular complexity index is 549. The molecule has 1 aromatic rings. The van der Waals surface area contributed by atoms with Crippen LogP contribution in [0.2, 0.25) is 0 Å². The van der Waals surface area contributed by atoms with Crippen molar-refractivity contribution < 1.29 is 9.59 Å². The first kappa shape index (κ1) is 15.2. The molecule has 0 aliphatic carbocycles. The first-order valence-electron chi connectivity index (χ1n) is 7.05. The van der Waals surface area contributed by atoms with Crippen molar-refractivity contribution in [1.29, 1.82) is 0 Å². The van der Waals surface area contributed by atoms with E-state index in [0.717, 1.165) is 31.6 Å². The molecule has 0 aromatic heterocycles. The number of anilines is 2. The van der Waals surface area contributed by atoms with Crippen LogP contribution < -0.4 is 16.4 Å². The maximum Gasteiger partial charge on any atom is 0.253 e. The summed E-state index contributed by atoms with van der Waals surface area (Å²) in [7, 11) is 3.44. The number of piperidine rings is 1. The second kappa shape index (κ2) is 6.03. The lowest BCUT2D eigenvalue weighted by Gasteiger charge is -2.33. The van der Waals surface area contributed by atoms with E-state index >= 15 is 0 Å². The normalized spacial score (nSPS) is 15.8. The van der Waals surface area contributed by atoms with Gasteiger partial charge in [0.25, 0.3) is 5.91 Å². The number of rotatable bonds is 3. The van der Waals surface area contributed by atoms with Crippen molar-refractivity contribution in [1.82, 2.24) is 4.90 Å². The molecular weight excluding hydrogens is 268 g/mol. The maximum atomic E-state index is 12.0. The fourth-order valence-electron chi connectivity index (χ4n) is 2.61. The van der Waals surface area contributed by atoms with Gasteiger partial charge in [0.15, 0.2) is 0 Å². The minimum atomic E-state index is -0.237. The summed E-state index contributed by atoms with van der Waals surface area (Å²) >= 11 is 0. The first-order chi connectivity index (χ1) is 9.90. The Hall–Kier alpha value is -2.24. The molecule has 1 aliphatic rings. The van der Waals surface area contributed by atoms with Gasteiger partial charge in [0, 0.05) is 38.7 Å². The molecule has 0 bridgehead atoms. The highest BCUT2D eigenvalue weighted by Crippen LogP contribution is 2.29. The highest BCUT2D eigenvalue weighted by molar-refractivity contribution is 5.96. The monoisotopic (exact) mass is 290 g/mol. The minimum Gasteiger partial charge on any atom is -0.397 e. The van der Waals surface area contributed by atoms with Crippen molar-refractivity contribution in [3.05, 3.63) is 23.8 Å². The molecule has 1 aromatic carbocycles. The van der Waals surface area contributed by atoms with Crippen LogP contribution in [0.3, 0.4) is 0 Å². The second-order valence-electron chi connectivity index (χ2n) is 5.64. The van der Waals surface area contributed by atoms with Crippen molar-refractivity contribution in [2.75, 3.05) is 37.8 Å². The van der Waals surface area contributed by atoms with Crippen LogP contribution in [0, 0.1) is 5.92 Å². The number of hydrogen-bond acceptors (Lipinski definition) is 4. The van der Waals surface area contributed by atoms with E-state index in [2.05, 4.69) is 4.90 Å². The Labute approximate surface area is 124 Å². The molecule has 2 rings (SSSR count). The topological polar surface area (TPSA) is 92.7 Å². The molecule has 1 heterocycles. The van der Waals surface area contributed by atoms with Gasteiger partial charge < -0.3 is 21.3 Å². The minimum absolute atomic E-state index is 0.0525. The number of nitrogens with two attached hydrogens (primary N) is 2. The van der Waals surface area contributed by atoms with Crippen molar-refractivity contribution in [3.63, 3.8) is 0 Å². The fraction of sp³-hybridized carbons (Fsp3) is 0.467. The summed E-state index contributed by atoms with van der Waals surface area (Å²) in [6, 6.07) is 5.31. The summed E-state index contributed by atoms with van der Waals surface area (Å²) < 4.78 is 0. The standard InChI is InChI=1S/C15H22N4O2/c1-18(2)15(21)11-3-4-12(16)13(9-11)19-7-5-10(6-8-19)14(17)20/h3-4,9-10H,5-8,16H2,1-2H3,(H2,17,20). The molecule has 1 aliphatic heterocycles. The Morgan fingerprint density at radius 3 is 2.38 bits per heavy atom. The zero-order valence-electron chi connectivity index (χ0n) is 12.5. The predicted molar refractivity (Wildman–Crippen MR) is 83.0 cm³/mol. The summed E-state index contributed by atoms with van der Waals surface area (Å²) in [6.07, 6.45) is 1.45. The average Bonchev–Trinajstić information content (AvgIpc) is 2.47. The Balaban J connectivity index is 2.18.